The van der Waals surface area contributed by atoms with Crippen LogP contribution in [0.25, 0.3) is 0 Å². The number of aromatic nitrogens is 1. The number of rotatable bonds is 4. The first-order chi connectivity index (χ1) is 10.2. The molecule has 110 valence electrons. The van der Waals surface area contributed by atoms with Gasteiger partial charge in [0, 0.05) is 17.6 Å². The molecule has 1 saturated heterocycles. The van der Waals surface area contributed by atoms with Crippen molar-refractivity contribution in [2.75, 3.05) is 6.54 Å². The molecule has 1 N–H and O–H groups in total. The first-order valence-electron chi connectivity index (χ1n) is 7.24. The van der Waals surface area contributed by atoms with Crippen LogP contribution in [0, 0.1) is 6.92 Å². The molecule has 0 aliphatic carbocycles. The monoisotopic (exact) mass is 317 g/mol. The molecule has 0 unspecified atom stereocenters. The molecule has 3 heterocycles. The van der Waals surface area contributed by atoms with Crippen LogP contribution in [0.5, 0.6) is 0 Å². The molecule has 0 radical (unpaired) electrons. The summed E-state index contributed by atoms with van der Waals surface area (Å²) in [6.07, 6.45) is 2.93. The average Bonchev–Trinajstić information content (AvgIpc) is 3.05. The molecular weight excluding hydrogens is 298 g/mol. The van der Waals surface area contributed by atoms with Gasteiger partial charge in [-0.25, -0.2) is 0 Å². The van der Waals surface area contributed by atoms with Gasteiger partial charge in [0.25, 0.3) is 0 Å². The van der Waals surface area contributed by atoms with E-state index in [0.29, 0.717) is 0 Å². The lowest BCUT2D eigenvalue weighted by molar-refractivity contribution is 0.321. The Labute approximate surface area is 135 Å². The van der Waals surface area contributed by atoms with Gasteiger partial charge in [-0.05, 0) is 54.7 Å². The number of thiocarbonyl (C=S) groups is 1. The highest BCUT2D eigenvalue weighted by Crippen LogP contribution is 2.41. The molecule has 0 saturated carbocycles. The molecule has 2 aromatic rings. The number of aryl methyl sites for hydroxylation is 1. The van der Waals surface area contributed by atoms with E-state index in [-0.39, 0.29) is 12.1 Å². The number of hydrogen-bond acceptors (Lipinski definition) is 3. The van der Waals surface area contributed by atoms with Crippen molar-refractivity contribution in [1.82, 2.24) is 15.2 Å². The van der Waals surface area contributed by atoms with Gasteiger partial charge in [0.15, 0.2) is 5.11 Å². The molecule has 3 nitrogen and oxygen atoms in total. The minimum atomic E-state index is 0.127. The third-order valence-electron chi connectivity index (χ3n) is 3.83. The maximum absolute atomic E-state index is 5.57. The van der Waals surface area contributed by atoms with Gasteiger partial charge in [0.1, 0.15) is 0 Å². The Balaban J connectivity index is 2.03. The highest BCUT2D eigenvalue weighted by Gasteiger charge is 2.40. The summed E-state index contributed by atoms with van der Waals surface area (Å²) in [6, 6.07) is 8.61. The van der Waals surface area contributed by atoms with Crippen LogP contribution in [-0.4, -0.2) is 21.5 Å². The highest BCUT2D eigenvalue weighted by molar-refractivity contribution is 7.80. The molecule has 5 heteroatoms. The van der Waals surface area contributed by atoms with Crippen LogP contribution in [0.15, 0.2) is 35.8 Å². The molecular formula is C16H19N3S2. The first-order valence-corrected chi connectivity index (χ1v) is 8.53. The van der Waals surface area contributed by atoms with Crippen molar-refractivity contribution in [1.29, 1.82) is 0 Å². The van der Waals surface area contributed by atoms with E-state index in [1.165, 1.54) is 10.4 Å². The Bertz CT molecular complexity index is 623. The number of nitrogens with zero attached hydrogens (tertiary/aromatic N) is 2. The van der Waals surface area contributed by atoms with Gasteiger partial charge in [-0.1, -0.05) is 13.0 Å². The zero-order valence-corrected chi connectivity index (χ0v) is 13.9. The average molecular weight is 317 g/mol. The van der Waals surface area contributed by atoms with Gasteiger partial charge in [-0.15, -0.1) is 11.3 Å². The van der Waals surface area contributed by atoms with Crippen molar-refractivity contribution in [3.63, 3.8) is 0 Å². The van der Waals surface area contributed by atoms with Gasteiger partial charge < -0.3 is 10.2 Å². The summed E-state index contributed by atoms with van der Waals surface area (Å²) in [5, 5.41) is 6.47. The van der Waals surface area contributed by atoms with Gasteiger partial charge in [0.05, 0.1) is 17.8 Å². The van der Waals surface area contributed by atoms with Crippen LogP contribution in [0.1, 0.15) is 41.6 Å². The Hall–Kier alpha value is -1.46. The summed E-state index contributed by atoms with van der Waals surface area (Å²) in [6.45, 7) is 5.33. The first kappa shape index (κ1) is 14.5. The van der Waals surface area contributed by atoms with Gasteiger partial charge in [0.2, 0.25) is 0 Å². The van der Waals surface area contributed by atoms with Crippen LogP contribution < -0.4 is 5.32 Å². The van der Waals surface area contributed by atoms with Crippen LogP contribution in [-0.2, 0) is 0 Å². The summed E-state index contributed by atoms with van der Waals surface area (Å²) in [7, 11) is 0. The molecule has 0 spiro atoms. The largest absolute Gasteiger partial charge is 0.352 e. The zero-order valence-electron chi connectivity index (χ0n) is 12.2. The van der Waals surface area contributed by atoms with Crippen molar-refractivity contribution in [3.05, 3.63) is 52.0 Å². The standard InChI is InChI=1S/C16H19N3S2/c1-3-9-19-14(15-11(2)7-10-21-15)13(18-16(19)20)12-6-4-5-8-17-12/h4-8,10,13-14H,3,9H2,1-2H3,(H,18,20)/t13-,14+/m0/s1. The van der Waals surface area contributed by atoms with E-state index in [1.807, 2.05) is 29.7 Å². The normalized spacial score (nSPS) is 21.6. The van der Waals surface area contributed by atoms with Crippen LogP contribution >= 0.6 is 23.6 Å². The predicted molar refractivity (Wildman–Crippen MR) is 91.5 cm³/mol. The van der Waals surface area contributed by atoms with Crippen LogP contribution in [0.3, 0.4) is 0 Å². The molecule has 1 aliphatic rings. The molecule has 21 heavy (non-hydrogen) atoms. The Morgan fingerprint density at radius 1 is 1.38 bits per heavy atom. The van der Waals surface area contributed by atoms with Crippen LogP contribution in [0.4, 0.5) is 0 Å². The topological polar surface area (TPSA) is 28.2 Å². The Kier molecular flexibility index (Phi) is 4.22. The van der Waals surface area contributed by atoms with Crippen molar-refractivity contribution in [3.8, 4) is 0 Å². The molecule has 1 aliphatic heterocycles. The smallest absolute Gasteiger partial charge is 0.170 e. The fourth-order valence-corrected chi connectivity index (χ4v) is 4.27. The van der Waals surface area contributed by atoms with Crippen molar-refractivity contribution in [2.45, 2.75) is 32.4 Å². The van der Waals surface area contributed by atoms with E-state index in [1.54, 1.807) is 0 Å². The van der Waals surface area contributed by atoms with Gasteiger partial charge in [-0.3, -0.25) is 4.98 Å². The molecule has 3 rings (SSSR count). The van der Waals surface area contributed by atoms with E-state index in [9.17, 15) is 0 Å². The lowest BCUT2D eigenvalue weighted by Crippen LogP contribution is -2.30. The Morgan fingerprint density at radius 2 is 2.24 bits per heavy atom. The zero-order chi connectivity index (χ0) is 14.8. The minimum absolute atomic E-state index is 0.127. The molecule has 2 aromatic heterocycles. The summed E-state index contributed by atoms with van der Waals surface area (Å²) >= 11 is 7.38. The van der Waals surface area contributed by atoms with Gasteiger partial charge in [-0.2, -0.15) is 0 Å². The number of pyridine rings is 1. The van der Waals surface area contributed by atoms with Crippen molar-refractivity contribution in [2.24, 2.45) is 0 Å². The fraction of sp³-hybridized carbons (Fsp3) is 0.375. The number of hydrogen-bond donors (Lipinski definition) is 1. The van der Waals surface area contributed by atoms with E-state index < -0.39 is 0 Å². The fourth-order valence-electron chi connectivity index (χ4n) is 2.86. The maximum atomic E-state index is 5.57. The molecule has 0 amide bonds. The Morgan fingerprint density at radius 3 is 2.86 bits per heavy atom. The third kappa shape index (κ3) is 2.68. The molecule has 2 atom stereocenters. The SMILES string of the molecule is CCCN1C(=S)N[C@@H](c2ccccn2)[C@@H]1c1sccc1C. The molecule has 0 bridgehead atoms. The summed E-state index contributed by atoms with van der Waals surface area (Å²) in [5.74, 6) is 0. The van der Waals surface area contributed by atoms with Crippen molar-refractivity contribution >= 4 is 28.7 Å². The second-order valence-electron chi connectivity index (χ2n) is 5.29. The van der Waals surface area contributed by atoms with E-state index >= 15 is 0 Å². The van der Waals surface area contributed by atoms with Crippen molar-refractivity contribution < 1.29 is 0 Å². The van der Waals surface area contributed by atoms with E-state index in [4.69, 9.17) is 12.2 Å². The number of nitrogens with one attached hydrogen (secondary N) is 1. The summed E-state index contributed by atoms with van der Waals surface area (Å²) < 4.78 is 0. The van der Waals surface area contributed by atoms with Gasteiger partial charge >= 0.3 is 0 Å². The van der Waals surface area contributed by atoms with E-state index in [0.717, 1.165) is 23.8 Å². The maximum Gasteiger partial charge on any atom is 0.170 e. The number of thiophene rings is 1. The second-order valence-corrected chi connectivity index (χ2v) is 6.62. The predicted octanol–water partition coefficient (Wildman–Crippen LogP) is 3.83. The molecule has 0 aromatic carbocycles. The summed E-state index contributed by atoms with van der Waals surface area (Å²) in [5.41, 5.74) is 2.38. The second kappa shape index (κ2) is 6.12. The third-order valence-corrected chi connectivity index (χ3v) is 5.27. The quantitative estimate of drug-likeness (QED) is 0.867. The lowest BCUT2D eigenvalue weighted by atomic mass is 10.0. The highest BCUT2D eigenvalue weighted by atomic mass is 32.1. The van der Waals surface area contributed by atoms with E-state index in [2.05, 4.69) is 46.6 Å². The van der Waals surface area contributed by atoms with Crippen LogP contribution in [0.2, 0.25) is 0 Å². The minimum Gasteiger partial charge on any atom is -0.352 e. The molecule has 1 fully saturated rings. The summed E-state index contributed by atoms with van der Waals surface area (Å²) in [4.78, 5) is 8.23. The lowest BCUT2D eigenvalue weighted by Gasteiger charge is -2.27.